The fourth-order valence-electron chi connectivity index (χ4n) is 1.76. The van der Waals surface area contributed by atoms with Crippen molar-refractivity contribution in [2.45, 2.75) is 38.1 Å². The molecule has 1 aromatic heterocycles. The van der Waals surface area contributed by atoms with Crippen LogP contribution in [0.4, 0.5) is 0 Å². The molecule has 1 heterocycles. The van der Waals surface area contributed by atoms with Gasteiger partial charge in [0.25, 0.3) is 0 Å². The van der Waals surface area contributed by atoms with Crippen molar-refractivity contribution in [3.8, 4) is 0 Å². The largest absolute Gasteiger partial charge is 0.448 e. The van der Waals surface area contributed by atoms with Gasteiger partial charge in [0.1, 0.15) is 5.76 Å². The van der Waals surface area contributed by atoms with Crippen molar-refractivity contribution < 1.29 is 4.42 Å². The molecule has 0 spiro atoms. The Balaban J connectivity index is 2.29. The highest BCUT2D eigenvalue weighted by Crippen LogP contribution is 2.24. The summed E-state index contributed by atoms with van der Waals surface area (Å²) in [6.07, 6.45) is 7.81. The van der Waals surface area contributed by atoms with Gasteiger partial charge >= 0.3 is 0 Å². The smallest absolute Gasteiger partial charge is 0.193 e. The second-order valence-corrected chi connectivity index (χ2v) is 4.28. The molecule has 1 atom stereocenters. The van der Waals surface area contributed by atoms with Crippen LogP contribution in [0.1, 0.15) is 43.9 Å². The van der Waals surface area contributed by atoms with Crippen molar-refractivity contribution >= 4 is 11.6 Å². The van der Waals surface area contributed by atoms with E-state index in [0.29, 0.717) is 5.22 Å². The van der Waals surface area contributed by atoms with E-state index < -0.39 is 0 Å². The maximum Gasteiger partial charge on any atom is 0.193 e. The minimum absolute atomic E-state index is 0.274. The Bertz CT molecular complexity index is 309. The highest BCUT2D eigenvalue weighted by Gasteiger charge is 2.12. The van der Waals surface area contributed by atoms with Gasteiger partial charge in [-0.15, -0.1) is 6.58 Å². The number of halogens is 1. The molecule has 0 radical (unpaired) electrons. The van der Waals surface area contributed by atoms with Crippen LogP contribution >= 0.6 is 11.6 Å². The Morgan fingerprint density at radius 2 is 2.25 bits per heavy atom. The van der Waals surface area contributed by atoms with E-state index in [1.54, 1.807) is 6.07 Å². The third-order valence-electron chi connectivity index (χ3n) is 2.69. The maximum atomic E-state index is 5.76. The Morgan fingerprint density at radius 3 is 2.81 bits per heavy atom. The normalized spacial score (nSPS) is 12.6. The summed E-state index contributed by atoms with van der Waals surface area (Å²) < 4.78 is 5.40. The summed E-state index contributed by atoms with van der Waals surface area (Å²) in [6, 6.07) is 4.00. The van der Waals surface area contributed by atoms with Gasteiger partial charge in [0.15, 0.2) is 5.22 Å². The van der Waals surface area contributed by atoms with Crippen LogP contribution < -0.4 is 5.32 Å². The summed E-state index contributed by atoms with van der Waals surface area (Å²) in [4.78, 5) is 0. The van der Waals surface area contributed by atoms with Crippen LogP contribution in [0.25, 0.3) is 0 Å². The van der Waals surface area contributed by atoms with Crippen molar-refractivity contribution in [1.29, 1.82) is 0 Å². The van der Waals surface area contributed by atoms with E-state index in [4.69, 9.17) is 16.0 Å². The quantitative estimate of drug-likeness (QED) is 0.541. The molecule has 1 unspecified atom stereocenters. The van der Waals surface area contributed by atoms with E-state index >= 15 is 0 Å². The van der Waals surface area contributed by atoms with Crippen molar-refractivity contribution in [3.63, 3.8) is 0 Å². The second kappa shape index (κ2) is 7.53. The highest BCUT2D eigenvalue weighted by atomic mass is 35.5. The molecule has 90 valence electrons. The van der Waals surface area contributed by atoms with Gasteiger partial charge in [0, 0.05) is 0 Å². The molecule has 0 aliphatic carbocycles. The van der Waals surface area contributed by atoms with Crippen LogP contribution in [0.2, 0.25) is 5.22 Å². The molecule has 0 aromatic carbocycles. The van der Waals surface area contributed by atoms with Crippen molar-refractivity contribution in [2.75, 3.05) is 7.05 Å². The molecule has 0 aliphatic heterocycles. The Labute approximate surface area is 103 Å². The van der Waals surface area contributed by atoms with E-state index in [2.05, 4.69) is 11.9 Å². The Hall–Kier alpha value is -0.730. The average Bonchev–Trinajstić information content (AvgIpc) is 2.70. The maximum absolute atomic E-state index is 5.76. The van der Waals surface area contributed by atoms with Gasteiger partial charge in [0.05, 0.1) is 6.04 Å². The molecular weight excluding hydrogens is 222 g/mol. The Kier molecular flexibility index (Phi) is 6.27. The van der Waals surface area contributed by atoms with E-state index in [1.807, 2.05) is 19.2 Å². The predicted molar refractivity (Wildman–Crippen MR) is 68.8 cm³/mol. The molecular formula is C13H20ClNO. The molecule has 0 fully saturated rings. The van der Waals surface area contributed by atoms with Crippen LogP contribution in [0, 0.1) is 0 Å². The molecule has 3 heteroatoms. The topological polar surface area (TPSA) is 25.2 Å². The summed E-state index contributed by atoms with van der Waals surface area (Å²) >= 11 is 5.76. The number of nitrogens with one attached hydrogen (secondary N) is 1. The zero-order valence-electron chi connectivity index (χ0n) is 9.84. The van der Waals surface area contributed by atoms with Gasteiger partial charge in [-0.3, -0.25) is 0 Å². The zero-order valence-corrected chi connectivity index (χ0v) is 10.6. The summed E-state index contributed by atoms with van der Waals surface area (Å²) in [6.45, 7) is 3.72. The number of unbranched alkanes of at least 4 members (excludes halogenated alkanes) is 3. The lowest BCUT2D eigenvalue weighted by Gasteiger charge is -2.12. The Morgan fingerprint density at radius 1 is 1.44 bits per heavy atom. The molecule has 0 saturated heterocycles. The highest BCUT2D eigenvalue weighted by molar-refractivity contribution is 6.28. The average molecular weight is 242 g/mol. The lowest BCUT2D eigenvalue weighted by Crippen LogP contribution is -2.15. The number of hydrogen-bond acceptors (Lipinski definition) is 2. The van der Waals surface area contributed by atoms with E-state index in [0.717, 1.165) is 18.6 Å². The molecule has 0 saturated carbocycles. The minimum atomic E-state index is 0.274. The fourth-order valence-corrected chi connectivity index (χ4v) is 1.91. The zero-order chi connectivity index (χ0) is 11.8. The summed E-state index contributed by atoms with van der Waals surface area (Å²) in [7, 11) is 1.95. The first-order valence-corrected chi connectivity index (χ1v) is 6.19. The molecule has 2 nitrogen and oxygen atoms in total. The first-order valence-electron chi connectivity index (χ1n) is 5.81. The molecule has 0 bridgehead atoms. The second-order valence-electron chi connectivity index (χ2n) is 3.91. The van der Waals surface area contributed by atoms with Crippen LogP contribution in [0.3, 0.4) is 0 Å². The van der Waals surface area contributed by atoms with Gasteiger partial charge in [-0.2, -0.15) is 0 Å². The SMILES string of the molecule is C=CCCCCCC(NC)c1ccc(Cl)o1. The standard InChI is InChI=1S/C13H20ClNO/c1-3-4-5-6-7-8-11(15-2)12-9-10-13(14)16-12/h3,9-11,15H,1,4-8H2,2H3. The predicted octanol–water partition coefficient (Wildman–Crippen LogP) is 4.33. The third-order valence-corrected chi connectivity index (χ3v) is 2.89. The van der Waals surface area contributed by atoms with Gasteiger partial charge in [-0.05, 0) is 50.0 Å². The van der Waals surface area contributed by atoms with Crippen LogP contribution in [0.15, 0.2) is 29.2 Å². The van der Waals surface area contributed by atoms with E-state index in [-0.39, 0.29) is 6.04 Å². The van der Waals surface area contributed by atoms with Gasteiger partial charge in [0.2, 0.25) is 0 Å². The number of furan rings is 1. The summed E-state index contributed by atoms with van der Waals surface area (Å²) in [5.41, 5.74) is 0. The van der Waals surface area contributed by atoms with Crippen molar-refractivity contribution in [3.05, 3.63) is 35.8 Å². The molecule has 1 N–H and O–H groups in total. The number of rotatable bonds is 8. The first kappa shape index (κ1) is 13.3. The van der Waals surface area contributed by atoms with Crippen LogP contribution in [-0.2, 0) is 0 Å². The lowest BCUT2D eigenvalue weighted by atomic mass is 10.1. The minimum Gasteiger partial charge on any atom is -0.448 e. The van der Waals surface area contributed by atoms with Crippen LogP contribution in [-0.4, -0.2) is 7.05 Å². The molecule has 16 heavy (non-hydrogen) atoms. The fraction of sp³-hybridized carbons (Fsp3) is 0.538. The number of hydrogen-bond donors (Lipinski definition) is 1. The first-order chi connectivity index (χ1) is 7.77. The third kappa shape index (κ3) is 4.42. The van der Waals surface area contributed by atoms with Crippen LogP contribution in [0.5, 0.6) is 0 Å². The van der Waals surface area contributed by atoms with E-state index in [9.17, 15) is 0 Å². The van der Waals surface area contributed by atoms with Gasteiger partial charge in [-0.1, -0.05) is 18.9 Å². The van der Waals surface area contributed by atoms with Crippen molar-refractivity contribution in [2.24, 2.45) is 0 Å². The van der Waals surface area contributed by atoms with Gasteiger partial charge < -0.3 is 9.73 Å². The molecule has 1 aromatic rings. The number of allylic oxidation sites excluding steroid dienone is 1. The molecule has 0 aliphatic rings. The molecule has 0 amide bonds. The van der Waals surface area contributed by atoms with E-state index in [1.165, 1.54) is 19.3 Å². The van der Waals surface area contributed by atoms with Gasteiger partial charge in [-0.25, -0.2) is 0 Å². The summed E-state index contributed by atoms with van der Waals surface area (Å²) in [5.74, 6) is 0.927. The van der Waals surface area contributed by atoms with Crippen molar-refractivity contribution in [1.82, 2.24) is 5.32 Å². The molecule has 1 rings (SSSR count). The summed E-state index contributed by atoms with van der Waals surface area (Å²) in [5, 5.41) is 3.71. The lowest BCUT2D eigenvalue weighted by molar-refractivity contribution is 0.404. The monoisotopic (exact) mass is 241 g/mol.